The molecule has 116 valence electrons. The van der Waals surface area contributed by atoms with E-state index in [4.69, 9.17) is 16.3 Å². The van der Waals surface area contributed by atoms with E-state index in [2.05, 4.69) is 16.6 Å². The molecule has 1 aromatic rings. The molecule has 0 saturated heterocycles. The Morgan fingerprint density at radius 3 is 2.57 bits per heavy atom. The lowest BCUT2D eigenvalue weighted by Gasteiger charge is -2.09. The monoisotopic (exact) mass is 324 g/mol. The molecule has 0 fully saturated rings. The first-order chi connectivity index (χ1) is 9.90. The number of hydrogen-bond acceptors (Lipinski definition) is 2. The van der Waals surface area contributed by atoms with Crippen molar-refractivity contribution in [1.29, 1.82) is 0 Å². The number of hydrogen-bond donors (Lipinski definition) is 0. The third kappa shape index (κ3) is 8.43. The molecule has 0 N–H and O–H groups in total. The van der Waals surface area contributed by atoms with Gasteiger partial charge in [0.2, 0.25) is 0 Å². The first kappa shape index (κ1) is 17.6. The average Bonchev–Trinajstić information content (AvgIpc) is 2.37. The smallest absolute Gasteiger partial charge is 0.411 e. The van der Waals surface area contributed by atoms with Crippen LogP contribution in [0.15, 0.2) is 18.2 Å². The molecule has 0 aromatic heterocycles. The molecule has 1 aromatic carbocycles. The molecule has 0 aliphatic carbocycles. The Kier molecular flexibility index (Phi) is 7.34. The molecule has 7 heteroatoms. The van der Waals surface area contributed by atoms with Crippen LogP contribution in [0.25, 0.3) is 0 Å². The van der Waals surface area contributed by atoms with Crippen molar-refractivity contribution in [2.45, 2.75) is 12.6 Å². The van der Waals surface area contributed by atoms with Gasteiger partial charge in [-0.2, -0.15) is 13.2 Å². The van der Waals surface area contributed by atoms with Crippen LogP contribution in [0, 0.1) is 17.7 Å². The number of benzene rings is 1. The van der Waals surface area contributed by atoms with Crippen molar-refractivity contribution in [2.75, 3.05) is 25.7 Å². The quantitative estimate of drug-likeness (QED) is 0.343. The van der Waals surface area contributed by atoms with E-state index < -0.39 is 18.6 Å². The van der Waals surface area contributed by atoms with E-state index >= 15 is 0 Å². The lowest BCUT2D eigenvalue weighted by molar-refractivity contribution is -0.175. The molecule has 0 bridgehead atoms. The maximum absolute atomic E-state index is 13.3. The summed E-state index contributed by atoms with van der Waals surface area (Å²) in [6, 6.07) is 3.85. The highest BCUT2D eigenvalue weighted by Crippen LogP contribution is 2.17. The molecule has 0 aliphatic heterocycles. The normalized spacial score (nSPS) is 10.9. The zero-order valence-electron chi connectivity index (χ0n) is 11.0. The van der Waals surface area contributed by atoms with Crippen LogP contribution >= 0.6 is 11.6 Å². The third-order valence-corrected chi connectivity index (χ3v) is 2.27. The van der Waals surface area contributed by atoms with Crippen molar-refractivity contribution in [3.05, 3.63) is 29.6 Å². The molecule has 21 heavy (non-hydrogen) atoms. The molecule has 0 saturated carbocycles. The van der Waals surface area contributed by atoms with Crippen LogP contribution in [-0.4, -0.2) is 31.9 Å². The second-order valence-corrected chi connectivity index (χ2v) is 4.31. The summed E-state index contributed by atoms with van der Waals surface area (Å²) in [5, 5.41) is 0. The number of rotatable bonds is 6. The molecule has 0 atom stereocenters. The van der Waals surface area contributed by atoms with Gasteiger partial charge in [-0.15, -0.1) is 11.6 Å². The summed E-state index contributed by atoms with van der Waals surface area (Å²) in [4.78, 5) is 0. The molecule has 0 radical (unpaired) electrons. The average molecular weight is 325 g/mol. The standard InChI is InChI=1S/C14H13ClF4O2/c15-4-2-1-3-11-7-12(16)9-13(8-11)21-6-5-20-10-14(17,18)19/h7-9H,2,4-6,10H2. The first-order valence-corrected chi connectivity index (χ1v) is 6.57. The van der Waals surface area contributed by atoms with Gasteiger partial charge in [0, 0.05) is 23.9 Å². The molecular weight excluding hydrogens is 312 g/mol. The Balaban J connectivity index is 2.46. The minimum atomic E-state index is -4.37. The fraction of sp³-hybridized carbons (Fsp3) is 0.429. The molecular formula is C14H13ClF4O2. The Labute approximate surface area is 125 Å². The van der Waals surface area contributed by atoms with Crippen molar-refractivity contribution in [3.8, 4) is 17.6 Å². The van der Waals surface area contributed by atoms with E-state index in [9.17, 15) is 17.6 Å². The van der Waals surface area contributed by atoms with Gasteiger partial charge in [-0.3, -0.25) is 0 Å². The lowest BCUT2D eigenvalue weighted by Crippen LogP contribution is -2.19. The van der Waals surface area contributed by atoms with E-state index in [1.165, 1.54) is 12.1 Å². The first-order valence-electron chi connectivity index (χ1n) is 6.03. The topological polar surface area (TPSA) is 18.5 Å². The van der Waals surface area contributed by atoms with Crippen molar-refractivity contribution in [2.24, 2.45) is 0 Å². The van der Waals surface area contributed by atoms with Gasteiger partial charge < -0.3 is 9.47 Å². The van der Waals surface area contributed by atoms with Gasteiger partial charge in [-0.05, 0) is 12.1 Å². The Hall–Kier alpha value is -1.45. The van der Waals surface area contributed by atoms with Gasteiger partial charge in [0.25, 0.3) is 0 Å². The molecule has 0 aliphatic rings. The second-order valence-electron chi connectivity index (χ2n) is 3.93. The Bertz CT molecular complexity index is 506. The summed E-state index contributed by atoms with van der Waals surface area (Å²) in [5.74, 6) is 5.47. The highest BCUT2D eigenvalue weighted by atomic mass is 35.5. The summed E-state index contributed by atoms with van der Waals surface area (Å²) >= 11 is 5.47. The van der Waals surface area contributed by atoms with Crippen LogP contribution in [0.1, 0.15) is 12.0 Å². The van der Waals surface area contributed by atoms with Crippen LogP contribution in [0.4, 0.5) is 17.6 Å². The minimum absolute atomic E-state index is 0.117. The molecule has 0 amide bonds. The predicted octanol–water partition coefficient (Wildman–Crippen LogP) is 3.76. The summed E-state index contributed by atoms with van der Waals surface area (Å²) < 4.78 is 58.3. The van der Waals surface area contributed by atoms with Gasteiger partial charge >= 0.3 is 6.18 Å². The van der Waals surface area contributed by atoms with Gasteiger partial charge in [-0.1, -0.05) is 11.8 Å². The predicted molar refractivity (Wildman–Crippen MR) is 71.0 cm³/mol. The Morgan fingerprint density at radius 2 is 1.90 bits per heavy atom. The van der Waals surface area contributed by atoms with Crippen molar-refractivity contribution >= 4 is 11.6 Å². The largest absolute Gasteiger partial charge is 0.491 e. The van der Waals surface area contributed by atoms with Crippen LogP contribution in [0.3, 0.4) is 0 Å². The van der Waals surface area contributed by atoms with Crippen LogP contribution in [0.2, 0.25) is 0 Å². The molecule has 2 nitrogen and oxygen atoms in total. The summed E-state index contributed by atoms with van der Waals surface area (Å²) in [7, 11) is 0. The second kappa shape index (κ2) is 8.75. The van der Waals surface area contributed by atoms with E-state index in [1.807, 2.05) is 0 Å². The maximum atomic E-state index is 13.3. The summed E-state index contributed by atoms with van der Waals surface area (Å²) in [6.07, 6.45) is -3.90. The zero-order valence-corrected chi connectivity index (χ0v) is 11.7. The van der Waals surface area contributed by atoms with E-state index in [-0.39, 0.29) is 19.0 Å². The molecule has 0 unspecified atom stereocenters. The highest BCUT2D eigenvalue weighted by Gasteiger charge is 2.27. The van der Waals surface area contributed by atoms with Gasteiger partial charge in [-0.25, -0.2) is 4.39 Å². The van der Waals surface area contributed by atoms with E-state index in [1.54, 1.807) is 0 Å². The maximum Gasteiger partial charge on any atom is 0.411 e. The summed E-state index contributed by atoms with van der Waals surface area (Å²) in [5.41, 5.74) is 0.409. The highest BCUT2D eigenvalue weighted by molar-refractivity contribution is 6.18. The number of halogens is 5. The van der Waals surface area contributed by atoms with E-state index in [0.29, 0.717) is 17.9 Å². The van der Waals surface area contributed by atoms with Crippen molar-refractivity contribution in [3.63, 3.8) is 0 Å². The van der Waals surface area contributed by atoms with Gasteiger partial charge in [0.05, 0.1) is 6.61 Å². The fourth-order valence-electron chi connectivity index (χ4n) is 1.34. The molecule has 1 rings (SSSR count). The number of alkyl halides is 4. The van der Waals surface area contributed by atoms with Crippen molar-refractivity contribution < 1.29 is 27.0 Å². The van der Waals surface area contributed by atoms with Crippen molar-refractivity contribution in [1.82, 2.24) is 0 Å². The van der Waals surface area contributed by atoms with Crippen LogP contribution in [0.5, 0.6) is 5.75 Å². The molecule has 0 heterocycles. The van der Waals surface area contributed by atoms with E-state index in [0.717, 1.165) is 6.07 Å². The van der Waals surface area contributed by atoms with Gasteiger partial charge in [0.15, 0.2) is 0 Å². The van der Waals surface area contributed by atoms with Gasteiger partial charge in [0.1, 0.15) is 24.8 Å². The summed E-state index contributed by atoms with van der Waals surface area (Å²) in [6.45, 7) is -1.70. The fourth-order valence-corrected chi connectivity index (χ4v) is 1.43. The Morgan fingerprint density at radius 1 is 1.14 bits per heavy atom. The molecule has 0 spiro atoms. The van der Waals surface area contributed by atoms with Crippen LogP contribution in [-0.2, 0) is 4.74 Å². The van der Waals surface area contributed by atoms with Crippen LogP contribution < -0.4 is 4.74 Å². The minimum Gasteiger partial charge on any atom is -0.491 e. The SMILES string of the molecule is Fc1cc(C#CCCCl)cc(OCCOCC(F)(F)F)c1. The lowest BCUT2D eigenvalue weighted by atomic mass is 10.2. The zero-order chi connectivity index (χ0) is 15.7. The third-order valence-electron chi connectivity index (χ3n) is 2.09. The number of ether oxygens (including phenoxy) is 2.